The molecule has 1 aromatic carbocycles. The number of amides is 1. The highest BCUT2D eigenvalue weighted by atomic mass is 35.5. The number of carbonyl (C=O) groups is 1. The van der Waals surface area contributed by atoms with Crippen molar-refractivity contribution in [1.82, 2.24) is 5.16 Å². The van der Waals surface area contributed by atoms with Crippen molar-refractivity contribution in [2.24, 2.45) is 0 Å². The fourth-order valence-corrected chi connectivity index (χ4v) is 3.69. The average molecular weight is 371 g/mol. The lowest BCUT2D eigenvalue weighted by atomic mass is 10.1. The number of anilines is 1. The van der Waals surface area contributed by atoms with Gasteiger partial charge in [-0.3, -0.25) is 10.1 Å². The van der Waals surface area contributed by atoms with E-state index in [-0.39, 0.29) is 10.8 Å². The number of hydrogen-bond acceptors (Lipinski definition) is 5. The number of aromatic nitrogens is 1. The normalized spacial score (nSPS) is 12.2. The summed E-state index contributed by atoms with van der Waals surface area (Å²) in [6, 6.07) is 5.69. The monoisotopic (exact) mass is 370 g/mol. The first-order valence-electron chi connectivity index (χ1n) is 7.38. The summed E-state index contributed by atoms with van der Waals surface area (Å²) in [5.41, 5.74) is 1.40. The lowest BCUT2D eigenvalue weighted by Gasteiger charge is -2.23. The number of benzene rings is 1. The summed E-state index contributed by atoms with van der Waals surface area (Å²) >= 11 is 5.79. The molecule has 0 fully saturated rings. The molecule has 0 atom stereocenters. The first kappa shape index (κ1) is 18.5. The van der Waals surface area contributed by atoms with Crippen LogP contribution in [0.5, 0.6) is 0 Å². The number of sulfone groups is 1. The molecule has 2 rings (SSSR count). The predicted molar refractivity (Wildman–Crippen MR) is 92.0 cm³/mol. The Labute approximate surface area is 146 Å². The van der Waals surface area contributed by atoms with Crippen molar-refractivity contribution in [2.75, 3.05) is 5.32 Å². The number of carbonyl (C=O) groups excluding carboxylic acids is 1. The van der Waals surface area contributed by atoms with Gasteiger partial charge in [0.25, 0.3) is 0 Å². The smallest absolute Gasteiger partial charge is 0.248 e. The second-order valence-electron chi connectivity index (χ2n) is 5.85. The van der Waals surface area contributed by atoms with Crippen molar-refractivity contribution in [3.8, 4) is 0 Å². The molecule has 6 nitrogen and oxygen atoms in total. The van der Waals surface area contributed by atoms with Crippen LogP contribution in [0.4, 0.5) is 5.88 Å². The van der Waals surface area contributed by atoms with Crippen LogP contribution in [0.15, 0.2) is 33.7 Å². The summed E-state index contributed by atoms with van der Waals surface area (Å²) in [5.74, 6) is -0.511. The van der Waals surface area contributed by atoms with Crippen LogP contribution in [-0.4, -0.2) is 24.2 Å². The van der Waals surface area contributed by atoms with Crippen LogP contribution < -0.4 is 5.32 Å². The Morgan fingerprint density at radius 3 is 2.42 bits per heavy atom. The van der Waals surface area contributed by atoms with Crippen molar-refractivity contribution < 1.29 is 17.7 Å². The fraction of sp³-hybridized carbons (Fsp3) is 0.375. The molecule has 1 heterocycles. The number of nitrogens with zero attached hydrogens (tertiary/aromatic N) is 1. The standard InChI is InChI=1S/C16H19ClN2O4S/c1-5-13-10(2)19-23-14(13)18-15(20)16(3,4)24(21,22)12-8-6-11(17)7-9-12/h6-9H,5H2,1-4H3,(H,18,20). The Morgan fingerprint density at radius 1 is 1.29 bits per heavy atom. The molecule has 0 aliphatic rings. The quantitative estimate of drug-likeness (QED) is 0.871. The van der Waals surface area contributed by atoms with Crippen LogP contribution in [0.3, 0.4) is 0 Å². The maximum atomic E-state index is 12.8. The lowest BCUT2D eigenvalue weighted by molar-refractivity contribution is -0.118. The summed E-state index contributed by atoms with van der Waals surface area (Å²) in [5, 5.41) is 6.75. The maximum Gasteiger partial charge on any atom is 0.248 e. The summed E-state index contributed by atoms with van der Waals surface area (Å²) in [6.45, 7) is 6.35. The van der Waals surface area contributed by atoms with E-state index in [2.05, 4.69) is 10.5 Å². The van der Waals surface area contributed by atoms with E-state index in [0.29, 0.717) is 17.1 Å². The molecular formula is C16H19ClN2O4S. The second kappa shape index (κ2) is 6.57. The van der Waals surface area contributed by atoms with Crippen LogP contribution in [0.1, 0.15) is 32.0 Å². The molecule has 0 saturated carbocycles. The van der Waals surface area contributed by atoms with Crippen LogP contribution >= 0.6 is 11.6 Å². The molecule has 1 amide bonds. The highest BCUT2D eigenvalue weighted by molar-refractivity contribution is 7.93. The zero-order valence-corrected chi connectivity index (χ0v) is 15.5. The zero-order valence-electron chi connectivity index (χ0n) is 13.9. The van der Waals surface area contributed by atoms with E-state index in [0.717, 1.165) is 5.56 Å². The highest BCUT2D eigenvalue weighted by Gasteiger charge is 2.43. The molecular weight excluding hydrogens is 352 g/mol. The van der Waals surface area contributed by atoms with Crippen LogP contribution in [0.25, 0.3) is 0 Å². The van der Waals surface area contributed by atoms with Crippen molar-refractivity contribution in [1.29, 1.82) is 0 Å². The molecule has 0 spiro atoms. The van der Waals surface area contributed by atoms with E-state index < -0.39 is 20.5 Å². The van der Waals surface area contributed by atoms with E-state index in [1.807, 2.05) is 6.92 Å². The lowest BCUT2D eigenvalue weighted by Crippen LogP contribution is -2.44. The third-order valence-electron chi connectivity index (χ3n) is 3.91. The molecule has 0 bridgehead atoms. The minimum absolute atomic E-state index is 0.0246. The third kappa shape index (κ3) is 3.18. The maximum absolute atomic E-state index is 12.8. The topological polar surface area (TPSA) is 89.3 Å². The molecule has 0 aliphatic heterocycles. The molecule has 1 N–H and O–H groups in total. The Balaban J connectivity index is 2.34. The number of hydrogen-bond donors (Lipinski definition) is 1. The summed E-state index contributed by atoms with van der Waals surface area (Å²) in [6.07, 6.45) is 0.606. The molecule has 130 valence electrons. The van der Waals surface area contributed by atoms with E-state index in [1.54, 1.807) is 6.92 Å². The number of rotatable bonds is 5. The van der Waals surface area contributed by atoms with Gasteiger partial charge in [0.1, 0.15) is 4.75 Å². The fourth-order valence-electron chi connectivity index (χ4n) is 2.19. The molecule has 8 heteroatoms. The minimum Gasteiger partial charge on any atom is -0.338 e. The average Bonchev–Trinajstić information content (AvgIpc) is 2.87. The van der Waals surface area contributed by atoms with Crippen molar-refractivity contribution in [2.45, 2.75) is 43.8 Å². The Bertz CT molecular complexity index is 855. The van der Waals surface area contributed by atoms with Gasteiger partial charge >= 0.3 is 0 Å². The third-order valence-corrected chi connectivity index (χ3v) is 6.58. The number of nitrogens with one attached hydrogen (secondary N) is 1. The second-order valence-corrected chi connectivity index (χ2v) is 8.79. The Hall–Kier alpha value is -1.86. The molecule has 0 unspecified atom stereocenters. The van der Waals surface area contributed by atoms with Crippen molar-refractivity contribution in [3.05, 3.63) is 40.5 Å². The van der Waals surface area contributed by atoms with Crippen molar-refractivity contribution >= 4 is 33.2 Å². The Morgan fingerprint density at radius 2 is 1.88 bits per heavy atom. The van der Waals surface area contributed by atoms with Gasteiger partial charge in [0.05, 0.1) is 10.6 Å². The van der Waals surface area contributed by atoms with Crippen LogP contribution in [-0.2, 0) is 21.1 Å². The zero-order chi connectivity index (χ0) is 18.1. The summed E-state index contributed by atoms with van der Waals surface area (Å²) < 4.78 is 29.0. The molecule has 24 heavy (non-hydrogen) atoms. The minimum atomic E-state index is -3.92. The predicted octanol–water partition coefficient (Wildman–Crippen LogP) is 3.39. The van der Waals surface area contributed by atoms with Gasteiger partial charge in [0.15, 0.2) is 9.84 Å². The van der Waals surface area contributed by atoms with Gasteiger partial charge in [-0.1, -0.05) is 23.7 Å². The number of halogens is 1. The van der Waals surface area contributed by atoms with Gasteiger partial charge in [0, 0.05) is 10.6 Å². The van der Waals surface area contributed by atoms with E-state index in [4.69, 9.17) is 16.1 Å². The van der Waals surface area contributed by atoms with Gasteiger partial charge in [-0.15, -0.1) is 0 Å². The van der Waals surface area contributed by atoms with Gasteiger partial charge < -0.3 is 4.52 Å². The first-order valence-corrected chi connectivity index (χ1v) is 9.24. The molecule has 0 aliphatic carbocycles. The Kier molecular flexibility index (Phi) is 5.05. The van der Waals surface area contributed by atoms with Gasteiger partial charge in [-0.05, 0) is 51.5 Å². The van der Waals surface area contributed by atoms with E-state index in [1.165, 1.54) is 38.1 Å². The number of aryl methyl sites for hydroxylation is 1. The summed E-state index contributed by atoms with van der Waals surface area (Å²) in [7, 11) is -3.92. The summed E-state index contributed by atoms with van der Waals surface area (Å²) in [4.78, 5) is 12.6. The van der Waals surface area contributed by atoms with E-state index in [9.17, 15) is 13.2 Å². The van der Waals surface area contributed by atoms with Gasteiger partial charge in [-0.25, -0.2) is 8.42 Å². The molecule has 0 saturated heterocycles. The van der Waals surface area contributed by atoms with Crippen LogP contribution in [0.2, 0.25) is 5.02 Å². The first-order chi connectivity index (χ1) is 11.1. The molecule has 1 aromatic heterocycles. The largest absolute Gasteiger partial charge is 0.338 e. The SMILES string of the molecule is CCc1c(C)noc1NC(=O)C(C)(C)S(=O)(=O)c1ccc(Cl)cc1. The van der Waals surface area contributed by atoms with Crippen LogP contribution in [0, 0.1) is 6.92 Å². The highest BCUT2D eigenvalue weighted by Crippen LogP contribution is 2.29. The van der Waals surface area contributed by atoms with Crippen molar-refractivity contribution in [3.63, 3.8) is 0 Å². The van der Waals surface area contributed by atoms with Gasteiger partial charge in [0.2, 0.25) is 11.8 Å². The molecule has 0 radical (unpaired) electrons. The molecule has 2 aromatic rings. The van der Waals surface area contributed by atoms with Gasteiger partial charge in [-0.2, -0.15) is 0 Å². The van der Waals surface area contributed by atoms with E-state index >= 15 is 0 Å².